The van der Waals surface area contributed by atoms with Crippen LogP contribution in [-0.4, -0.2) is 38.1 Å². The molecule has 0 atom stereocenters. The van der Waals surface area contributed by atoms with E-state index in [2.05, 4.69) is 48.9 Å². The van der Waals surface area contributed by atoms with Gasteiger partial charge in [-0.05, 0) is 31.5 Å². The maximum absolute atomic E-state index is 2.55. The van der Waals surface area contributed by atoms with Crippen molar-refractivity contribution < 1.29 is 0 Å². The van der Waals surface area contributed by atoms with Crippen LogP contribution in [0.3, 0.4) is 0 Å². The molecule has 2 rings (SSSR count). The van der Waals surface area contributed by atoms with E-state index in [4.69, 9.17) is 0 Å². The summed E-state index contributed by atoms with van der Waals surface area (Å²) in [6.07, 6.45) is 1.13. The highest BCUT2D eigenvalue weighted by Gasteiger charge is 2.17. The Labute approximate surface area is 113 Å². The number of para-hydroxylation sites is 1. The minimum absolute atomic E-state index is 1.13. The molecule has 1 fully saturated rings. The maximum atomic E-state index is 2.55. The Morgan fingerprint density at radius 2 is 1.67 bits per heavy atom. The minimum Gasteiger partial charge on any atom is -0.369 e. The second kappa shape index (κ2) is 7.42. The summed E-state index contributed by atoms with van der Waals surface area (Å²) >= 11 is 0. The fraction of sp³-hybridized carbons (Fsp3) is 0.625. The summed E-state index contributed by atoms with van der Waals surface area (Å²) < 4.78 is 0. The molecule has 0 amide bonds. The molecule has 1 aromatic carbocycles. The van der Waals surface area contributed by atoms with Crippen LogP contribution in [0.2, 0.25) is 0 Å². The van der Waals surface area contributed by atoms with E-state index in [1.165, 1.54) is 29.9 Å². The summed E-state index contributed by atoms with van der Waals surface area (Å²) in [5.74, 6) is 0. The molecule has 1 aliphatic heterocycles. The van der Waals surface area contributed by atoms with Gasteiger partial charge < -0.3 is 9.80 Å². The van der Waals surface area contributed by atoms with Crippen molar-refractivity contribution in [1.29, 1.82) is 0 Å². The minimum atomic E-state index is 1.13. The fourth-order valence-electron chi connectivity index (χ4n) is 2.49. The molecule has 1 heterocycles. The molecule has 0 N–H and O–H groups in total. The Hall–Kier alpha value is -1.02. The summed E-state index contributed by atoms with van der Waals surface area (Å²) in [7, 11) is 2.20. The lowest BCUT2D eigenvalue weighted by Crippen LogP contribution is -2.45. The zero-order valence-corrected chi connectivity index (χ0v) is 12.7. The van der Waals surface area contributed by atoms with E-state index in [1.807, 2.05) is 13.8 Å². The number of likely N-dealkylation sites (N-methyl/N-ethyl adjacent to an activating group) is 1. The molecule has 2 heteroatoms. The molecule has 1 aromatic rings. The number of aryl methyl sites for hydroxylation is 2. The Kier molecular flexibility index (Phi) is 6.20. The van der Waals surface area contributed by atoms with E-state index in [0.29, 0.717) is 0 Å². The number of benzene rings is 1. The molecule has 0 bridgehead atoms. The van der Waals surface area contributed by atoms with Gasteiger partial charge in [-0.3, -0.25) is 0 Å². The molecular formula is C16H28N2. The van der Waals surface area contributed by atoms with Gasteiger partial charge in [-0.2, -0.15) is 0 Å². The molecule has 0 saturated carbocycles. The molecule has 1 saturated heterocycles. The number of anilines is 1. The van der Waals surface area contributed by atoms with Crippen molar-refractivity contribution in [2.75, 3.05) is 38.1 Å². The number of hydrogen-bond donors (Lipinski definition) is 0. The molecule has 0 aromatic heterocycles. The number of hydrogen-bond acceptors (Lipinski definition) is 2. The van der Waals surface area contributed by atoms with Crippen molar-refractivity contribution in [3.05, 3.63) is 29.3 Å². The van der Waals surface area contributed by atoms with Gasteiger partial charge in [0.2, 0.25) is 0 Å². The van der Waals surface area contributed by atoms with E-state index in [-0.39, 0.29) is 0 Å². The first-order valence-electron chi connectivity index (χ1n) is 7.24. The van der Waals surface area contributed by atoms with Crippen LogP contribution in [-0.2, 0) is 6.42 Å². The highest BCUT2D eigenvalue weighted by Crippen LogP contribution is 2.26. The van der Waals surface area contributed by atoms with Gasteiger partial charge in [0.15, 0.2) is 0 Å². The highest BCUT2D eigenvalue weighted by atomic mass is 15.2. The van der Waals surface area contributed by atoms with Crippen LogP contribution in [0.5, 0.6) is 0 Å². The molecule has 0 radical (unpaired) electrons. The van der Waals surface area contributed by atoms with E-state index in [1.54, 1.807) is 0 Å². The Morgan fingerprint density at radius 1 is 1.06 bits per heavy atom. The fourth-order valence-corrected chi connectivity index (χ4v) is 2.49. The van der Waals surface area contributed by atoms with E-state index in [9.17, 15) is 0 Å². The lowest BCUT2D eigenvalue weighted by molar-refractivity contribution is 0.312. The molecule has 0 unspecified atom stereocenters. The third-order valence-corrected chi connectivity index (χ3v) is 3.52. The SMILES string of the molecule is CC.CCc1cccc(C)c1N1CCN(C)CC1. The van der Waals surface area contributed by atoms with Gasteiger partial charge in [0.05, 0.1) is 0 Å². The summed E-state index contributed by atoms with van der Waals surface area (Å²) in [4.78, 5) is 4.95. The van der Waals surface area contributed by atoms with Crippen molar-refractivity contribution >= 4 is 5.69 Å². The van der Waals surface area contributed by atoms with E-state index < -0.39 is 0 Å². The Morgan fingerprint density at radius 3 is 2.22 bits per heavy atom. The summed E-state index contributed by atoms with van der Waals surface area (Å²) in [5, 5.41) is 0. The van der Waals surface area contributed by atoms with Crippen LogP contribution < -0.4 is 4.90 Å². The highest BCUT2D eigenvalue weighted by molar-refractivity contribution is 5.59. The zero-order chi connectivity index (χ0) is 13.5. The quantitative estimate of drug-likeness (QED) is 0.792. The van der Waals surface area contributed by atoms with Crippen molar-refractivity contribution in [3.63, 3.8) is 0 Å². The predicted octanol–water partition coefficient (Wildman–Crippen LogP) is 3.34. The third kappa shape index (κ3) is 3.49. The number of piperazine rings is 1. The monoisotopic (exact) mass is 248 g/mol. The van der Waals surface area contributed by atoms with Gasteiger partial charge in [0, 0.05) is 31.9 Å². The summed E-state index contributed by atoms with van der Waals surface area (Å²) in [6.45, 7) is 13.2. The predicted molar refractivity (Wildman–Crippen MR) is 81.6 cm³/mol. The summed E-state index contributed by atoms with van der Waals surface area (Å²) in [5.41, 5.74) is 4.39. The second-order valence-electron chi connectivity index (χ2n) is 4.73. The van der Waals surface area contributed by atoms with Crippen LogP contribution >= 0.6 is 0 Å². The van der Waals surface area contributed by atoms with Crippen LogP contribution in [0.1, 0.15) is 31.9 Å². The van der Waals surface area contributed by atoms with Gasteiger partial charge in [0.1, 0.15) is 0 Å². The van der Waals surface area contributed by atoms with Gasteiger partial charge >= 0.3 is 0 Å². The van der Waals surface area contributed by atoms with E-state index >= 15 is 0 Å². The van der Waals surface area contributed by atoms with E-state index in [0.717, 1.165) is 19.5 Å². The van der Waals surface area contributed by atoms with Crippen molar-refractivity contribution in [2.24, 2.45) is 0 Å². The van der Waals surface area contributed by atoms with Crippen LogP contribution in [0.4, 0.5) is 5.69 Å². The molecule has 102 valence electrons. The topological polar surface area (TPSA) is 6.48 Å². The molecule has 0 aliphatic carbocycles. The third-order valence-electron chi connectivity index (χ3n) is 3.52. The number of rotatable bonds is 2. The van der Waals surface area contributed by atoms with Crippen molar-refractivity contribution in [2.45, 2.75) is 34.1 Å². The molecule has 1 aliphatic rings. The summed E-state index contributed by atoms with van der Waals surface area (Å²) in [6, 6.07) is 6.67. The molecule has 2 nitrogen and oxygen atoms in total. The largest absolute Gasteiger partial charge is 0.369 e. The van der Waals surface area contributed by atoms with Gasteiger partial charge in [-0.25, -0.2) is 0 Å². The first-order valence-corrected chi connectivity index (χ1v) is 7.24. The standard InChI is InChI=1S/C14H22N2.C2H6/c1-4-13-7-5-6-12(2)14(13)16-10-8-15(3)9-11-16;1-2/h5-7H,4,8-11H2,1-3H3;1-2H3. The van der Waals surface area contributed by atoms with Crippen molar-refractivity contribution in [1.82, 2.24) is 4.90 Å². The molecule has 0 spiro atoms. The van der Waals surface area contributed by atoms with Crippen LogP contribution in [0.25, 0.3) is 0 Å². The van der Waals surface area contributed by atoms with Crippen LogP contribution in [0.15, 0.2) is 18.2 Å². The average Bonchev–Trinajstić information content (AvgIpc) is 2.42. The normalized spacial score (nSPS) is 16.2. The number of nitrogens with zero attached hydrogens (tertiary/aromatic N) is 2. The van der Waals surface area contributed by atoms with Gasteiger partial charge in [0.25, 0.3) is 0 Å². The Bertz CT molecular complexity index is 352. The molecular weight excluding hydrogens is 220 g/mol. The van der Waals surface area contributed by atoms with Gasteiger partial charge in [-0.15, -0.1) is 0 Å². The Balaban J connectivity index is 0.000000771. The second-order valence-corrected chi connectivity index (χ2v) is 4.73. The van der Waals surface area contributed by atoms with Gasteiger partial charge in [-0.1, -0.05) is 39.0 Å². The molecule has 18 heavy (non-hydrogen) atoms. The smallest absolute Gasteiger partial charge is 0.0429 e. The lowest BCUT2D eigenvalue weighted by Gasteiger charge is -2.36. The first kappa shape index (κ1) is 15.0. The van der Waals surface area contributed by atoms with Crippen molar-refractivity contribution in [3.8, 4) is 0 Å². The lowest BCUT2D eigenvalue weighted by atomic mass is 10.0. The average molecular weight is 248 g/mol. The van der Waals surface area contributed by atoms with Crippen LogP contribution in [0, 0.1) is 6.92 Å². The zero-order valence-electron chi connectivity index (χ0n) is 12.7. The maximum Gasteiger partial charge on any atom is 0.0429 e. The first-order chi connectivity index (χ1) is 8.72.